The van der Waals surface area contributed by atoms with Gasteiger partial charge in [0.1, 0.15) is 7.05 Å². The molecule has 3 heteroatoms. The van der Waals surface area contributed by atoms with Crippen molar-refractivity contribution in [2.45, 2.75) is 40.4 Å². The molecule has 134 valence electrons. The maximum Gasteiger partial charge on any atom is 0.213 e. The second-order valence-corrected chi connectivity index (χ2v) is 13.3. The zero-order chi connectivity index (χ0) is 19.1. The van der Waals surface area contributed by atoms with Gasteiger partial charge in [-0.3, -0.25) is 4.98 Å². The van der Waals surface area contributed by atoms with Crippen LogP contribution in [-0.4, -0.2) is 13.1 Å². The Balaban J connectivity index is 2.33. The second-order valence-electron chi connectivity index (χ2n) is 8.30. The molecule has 0 bridgehead atoms. The first-order valence-electron chi connectivity index (χ1n) is 9.22. The third-order valence-corrected chi connectivity index (χ3v) is 6.91. The maximum absolute atomic E-state index is 4.57. The van der Waals surface area contributed by atoms with E-state index in [1.54, 1.807) is 0 Å². The zero-order valence-electron chi connectivity index (χ0n) is 17.0. The summed E-state index contributed by atoms with van der Waals surface area (Å²) in [6.45, 7) is 13.6. The average Bonchev–Trinajstić information content (AvgIpc) is 2.53. The van der Waals surface area contributed by atoms with E-state index >= 15 is 0 Å². The Bertz CT molecular complexity index is 948. The van der Waals surface area contributed by atoms with E-state index in [0.29, 0.717) is 0 Å². The van der Waals surface area contributed by atoms with Crippen molar-refractivity contribution < 1.29 is 4.57 Å². The number of nitrogens with zero attached hydrogens (tertiary/aromatic N) is 2. The molecule has 0 fully saturated rings. The summed E-state index contributed by atoms with van der Waals surface area (Å²) in [6.07, 6.45) is 2.36. The van der Waals surface area contributed by atoms with Gasteiger partial charge in [0.2, 0.25) is 5.69 Å². The van der Waals surface area contributed by atoms with E-state index < -0.39 is 8.07 Å². The van der Waals surface area contributed by atoms with E-state index in [4.69, 9.17) is 0 Å². The molecule has 2 nitrogen and oxygen atoms in total. The Kier molecular flexibility index (Phi) is 4.85. The molecule has 0 aliphatic rings. The highest BCUT2D eigenvalue weighted by molar-refractivity contribution is 6.89. The first kappa shape index (κ1) is 18.5. The lowest BCUT2D eigenvalue weighted by atomic mass is 10.00. The summed E-state index contributed by atoms with van der Waals surface area (Å²) in [4.78, 5) is 4.57. The molecule has 3 aromatic rings. The molecule has 2 aromatic heterocycles. The van der Waals surface area contributed by atoms with Crippen LogP contribution in [-0.2, 0) is 7.05 Å². The van der Waals surface area contributed by atoms with Crippen LogP contribution in [0.25, 0.3) is 22.4 Å². The largest absolute Gasteiger partial charge is 0.258 e. The van der Waals surface area contributed by atoms with Crippen molar-refractivity contribution in [1.82, 2.24) is 4.98 Å². The monoisotopic (exact) mass is 361 g/mol. The summed E-state index contributed by atoms with van der Waals surface area (Å²) in [6, 6.07) is 15.4. The molecule has 0 amide bonds. The molecule has 3 rings (SSSR count). The van der Waals surface area contributed by atoms with Gasteiger partial charge in [0.05, 0.1) is 8.07 Å². The maximum atomic E-state index is 4.57. The van der Waals surface area contributed by atoms with Gasteiger partial charge in [0.15, 0.2) is 6.20 Å². The normalized spacial score (nSPS) is 11.7. The Hall–Kier alpha value is -2.26. The molecule has 0 N–H and O–H groups in total. The van der Waals surface area contributed by atoms with Gasteiger partial charge < -0.3 is 0 Å². The fourth-order valence-corrected chi connectivity index (χ4v) is 5.21. The van der Waals surface area contributed by atoms with Crippen LogP contribution in [0.4, 0.5) is 0 Å². The lowest BCUT2D eigenvalue weighted by Gasteiger charge is -2.21. The number of benzene rings is 1. The number of hydrogen-bond acceptors (Lipinski definition) is 1. The third-order valence-electron chi connectivity index (χ3n) is 4.90. The van der Waals surface area contributed by atoms with Gasteiger partial charge in [-0.1, -0.05) is 37.8 Å². The minimum Gasteiger partial charge on any atom is -0.258 e. The molecule has 2 heterocycles. The van der Waals surface area contributed by atoms with Crippen molar-refractivity contribution in [2.24, 2.45) is 7.05 Å². The highest BCUT2D eigenvalue weighted by Crippen LogP contribution is 2.27. The van der Waals surface area contributed by atoms with Crippen LogP contribution in [0.15, 0.2) is 48.7 Å². The van der Waals surface area contributed by atoms with Crippen molar-refractivity contribution in [1.29, 1.82) is 0 Å². The van der Waals surface area contributed by atoms with Gasteiger partial charge >= 0.3 is 0 Å². The minimum absolute atomic E-state index is 1.08. The molecule has 0 saturated carbocycles. The Labute approximate surface area is 158 Å². The first-order chi connectivity index (χ1) is 12.2. The SMILES string of the molecule is Cc1cc(-c2cc(-c3ccccc3C)[n+](C)cc2[Si](C)(C)C)cc(C)n1. The summed E-state index contributed by atoms with van der Waals surface area (Å²) >= 11 is 0. The first-order valence-corrected chi connectivity index (χ1v) is 12.7. The number of aryl methyl sites for hydroxylation is 4. The zero-order valence-corrected chi connectivity index (χ0v) is 18.0. The van der Waals surface area contributed by atoms with Crippen LogP contribution in [0.3, 0.4) is 0 Å². The van der Waals surface area contributed by atoms with Crippen molar-refractivity contribution in [2.75, 3.05) is 0 Å². The van der Waals surface area contributed by atoms with Crippen LogP contribution in [0.2, 0.25) is 19.6 Å². The second kappa shape index (κ2) is 6.80. The van der Waals surface area contributed by atoms with Gasteiger partial charge in [-0.25, -0.2) is 4.57 Å². The molecule has 0 unspecified atom stereocenters. The Morgan fingerprint density at radius 2 is 1.46 bits per heavy atom. The highest BCUT2D eigenvalue weighted by Gasteiger charge is 2.27. The minimum atomic E-state index is -1.51. The van der Waals surface area contributed by atoms with E-state index in [-0.39, 0.29) is 0 Å². The topological polar surface area (TPSA) is 16.8 Å². The van der Waals surface area contributed by atoms with Gasteiger partial charge in [-0.2, -0.15) is 0 Å². The molecular weight excluding hydrogens is 332 g/mol. The van der Waals surface area contributed by atoms with Crippen LogP contribution in [0.5, 0.6) is 0 Å². The molecule has 0 spiro atoms. The van der Waals surface area contributed by atoms with E-state index in [1.165, 1.54) is 33.1 Å². The molecule has 0 saturated heterocycles. The van der Waals surface area contributed by atoms with Gasteiger partial charge in [-0.05, 0) is 55.7 Å². The molecule has 1 aromatic carbocycles. The van der Waals surface area contributed by atoms with E-state index in [0.717, 1.165) is 11.4 Å². The van der Waals surface area contributed by atoms with Crippen LogP contribution < -0.4 is 9.75 Å². The smallest absolute Gasteiger partial charge is 0.213 e. The van der Waals surface area contributed by atoms with Crippen LogP contribution in [0, 0.1) is 20.8 Å². The number of pyridine rings is 2. The summed E-state index contributed by atoms with van der Waals surface area (Å²) < 4.78 is 2.29. The Morgan fingerprint density at radius 1 is 0.846 bits per heavy atom. The number of rotatable bonds is 3. The molecule has 0 aliphatic carbocycles. The molecular formula is C23H29N2Si+. The average molecular weight is 362 g/mol. The van der Waals surface area contributed by atoms with E-state index in [9.17, 15) is 0 Å². The van der Waals surface area contributed by atoms with Gasteiger partial charge in [0.25, 0.3) is 0 Å². The summed E-state index contributed by atoms with van der Waals surface area (Å²) in [7, 11) is 0.659. The summed E-state index contributed by atoms with van der Waals surface area (Å²) in [5.74, 6) is 0. The lowest BCUT2D eigenvalue weighted by Crippen LogP contribution is -2.46. The highest BCUT2D eigenvalue weighted by atomic mass is 28.3. The fraction of sp³-hybridized carbons (Fsp3) is 0.304. The van der Waals surface area contributed by atoms with Crippen LogP contribution in [0.1, 0.15) is 17.0 Å². The summed E-state index contributed by atoms with van der Waals surface area (Å²) in [5.41, 5.74) is 8.64. The number of hydrogen-bond donors (Lipinski definition) is 0. The van der Waals surface area contributed by atoms with E-state index in [2.05, 4.69) is 106 Å². The van der Waals surface area contributed by atoms with Crippen LogP contribution >= 0.6 is 0 Å². The number of aromatic nitrogens is 2. The van der Waals surface area contributed by atoms with Gasteiger partial charge in [-0.15, -0.1) is 0 Å². The van der Waals surface area contributed by atoms with Crippen molar-refractivity contribution in [3.8, 4) is 22.4 Å². The Morgan fingerprint density at radius 3 is 2.04 bits per heavy atom. The predicted molar refractivity (Wildman–Crippen MR) is 113 cm³/mol. The predicted octanol–water partition coefficient (Wildman–Crippen LogP) is 4.71. The van der Waals surface area contributed by atoms with Crippen molar-refractivity contribution >= 4 is 13.3 Å². The quantitative estimate of drug-likeness (QED) is 0.488. The molecule has 0 aliphatic heterocycles. The van der Waals surface area contributed by atoms with Crippen molar-refractivity contribution in [3.05, 3.63) is 65.6 Å². The standard InChI is InChI=1S/C23H29N2Si/c1-16-10-8-9-11-20(16)22-14-21(19-12-17(2)24-18(3)13-19)23(15-25(22)4)26(5,6)7/h8-15H,1-7H3/q+1. The van der Waals surface area contributed by atoms with E-state index in [1.807, 2.05) is 0 Å². The van der Waals surface area contributed by atoms with Crippen molar-refractivity contribution in [3.63, 3.8) is 0 Å². The molecule has 0 radical (unpaired) electrons. The third kappa shape index (κ3) is 3.63. The van der Waals surface area contributed by atoms with Gasteiger partial charge in [0, 0.05) is 28.2 Å². The molecule has 0 atom stereocenters. The lowest BCUT2D eigenvalue weighted by molar-refractivity contribution is -0.659. The summed E-state index contributed by atoms with van der Waals surface area (Å²) in [5, 5.41) is 1.49. The molecule has 26 heavy (non-hydrogen) atoms. The fourth-order valence-electron chi connectivity index (χ4n) is 3.60.